The van der Waals surface area contributed by atoms with Crippen molar-refractivity contribution < 1.29 is 4.74 Å². The van der Waals surface area contributed by atoms with Gasteiger partial charge in [0, 0.05) is 50.7 Å². The highest BCUT2D eigenvalue weighted by Gasteiger charge is 2.02. The first-order valence-electron chi connectivity index (χ1n) is 9.36. The van der Waals surface area contributed by atoms with E-state index in [4.69, 9.17) is 4.74 Å². The number of guanidine groups is 1. The van der Waals surface area contributed by atoms with Crippen LogP contribution in [0.1, 0.15) is 18.9 Å². The molecule has 2 heterocycles. The van der Waals surface area contributed by atoms with Crippen molar-refractivity contribution in [1.82, 2.24) is 20.2 Å². The zero-order valence-electron chi connectivity index (χ0n) is 16.4. The van der Waals surface area contributed by atoms with Crippen LogP contribution in [0, 0.1) is 0 Å². The Bertz CT molecular complexity index is 893. The topological polar surface area (TPSA) is 63.5 Å². The summed E-state index contributed by atoms with van der Waals surface area (Å²) < 4.78 is 7.73. The minimum Gasteiger partial charge on any atom is -0.478 e. The second-order valence-corrected chi connectivity index (χ2v) is 6.21. The van der Waals surface area contributed by atoms with E-state index in [1.165, 1.54) is 10.9 Å². The van der Waals surface area contributed by atoms with E-state index in [0.717, 1.165) is 31.0 Å². The normalized spacial score (nSPS) is 11.1. The highest BCUT2D eigenvalue weighted by Crippen LogP contribution is 2.15. The van der Waals surface area contributed by atoms with Crippen LogP contribution in [0.25, 0.3) is 10.9 Å². The van der Waals surface area contributed by atoms with Crippen LogP contribution < -0.4 is 15.4 Å². The molecule has 28 heavy (non-hydrogen) atoms. The zero-order valence-corrected chi connectivity index (χ0v) is 18.7. The number of para-hydroxylation sites is 1. The van der Waals surface area contributed by atoms with E-state index in [-0.39, 0.29) is 24.0 Å². The number of ether oxygens (including phenoxy) is 1. The maximum Gasteiger partial charge on any atom is 0.213 e. The summed E-state index contributed by atoms with van der Waals surface area (Å²) >= 11 is 0. The maximum absolute atomic E-state index is 5.44. The molecular weight excluding hydrogens is 465 g/mol. The first kappa shape index (κ1) is 22.0. The fourth-order valence-electron chi connectivity index (χ4n) is 2.99. The van der Waals surface area contributed by atoms with Gasteiger partial charge < -0.3 is 19.9 Å². The molecule has 0 radical (unpaired) electrons. The highest BCUT2D eigenvalue weighted by molar-refractivity contribution is 14.0. The van der Waals surface area contributed by atoms with Crippen LogP contribution in [0.4, 0.5) is 0 Å². The van der Waals surface area contributed by atoms with Crippen LogP contribution in [-0.2, 0) is 13.1 Å². The van der Waals surface area contributed by atoms with Gasteiger partial charge in [-0.15, -0.1) is 24.0 Å². The average molecular weight is 493 g/mol. The number of benzene rings is 1. The van der Waals surface area contributed by atoms with E-state index in [1.807, 2.05) is 19.1 Å². The lowest BCUT2D eigenvalue weighted by Gasteiger charge is -2.13. The quantitative estimate of drug-likeness (QED) is 0.217. The summed E-state index contributed by atoms with van der Waals surface area (Å²) in [7, 11) is 1.78. The largest absolute Gasteiger partial charge is 0.478 e. The predicted molar refractivity (Wildman–Crippen MR) is 126 cm³/mol. The molecule has 2 N–H and O–H groups in total. The number of aliphatic imine (C=N–C) groups is 1. The molecule has 0 aliphatic heterocycles. The van der Waals surface area contributed by atoms with Crippen molar-refractivity contribution >= 4 is 40.8 Å². The average Bonchev–Trinajstić information content (AvgIpc) is 3.11. The summed E-state index contributed by atoms with van der Waals surface area (Å²) in [5.41, 5.74) is 2.39. The second-order valence-electron chi connectivity index (χ2n) is 6.21. The number of hydrogen-bond acceptors (Lipinski definition) is 3. The number of nitrogens with one attached hydrogen (secondary N) is 2. The van der Waals surface area contributed by atoms with Crippen LogP contribution in [0.2, 0.25) is 0 Å². The standard InChI is InChI=1S/C21H27N5O.HI/c1-3-27-20-15-17(9-12-23-20)16-25-21(22-2)24-11-6-13-26-14-10-18-7-4-5-8-19(18)26;/h4-5,7-10,12,14-15H,3,6,11,13,16H2,1-2H3,(H2,22,24,25);1H. The van der Waals surface area contributed by atoms with Gasteiger partial charge in [-0.3, -0.25) is 4.99 Å². The molecule has 0 spiro atoms. The Kier molecular flexibility index (Phi) is 9.06. The van der Waals surface area contributed by atoms with Gasteiger partial charge in [0.05, 0.1) is 6.61 Å². The fraction of sp³-hybridized carbons (Fsp3) is 0.333. The second kappa shape index (κ2) is 11.5. The lowest BCUT2D eigenvalue weighted by Crippen LogP contribution is -2.37. The number of aromatic nitrogens is 2. The molecule has 0 aliphatic carbocycles. The lowest BCUT2D eigenvalue weighted by molar-refractivity contribution is 0.326. The van der Waals surface area contributed by atoms with E-state index in [9.17, 15) is 0 Å². The molecule has 0 atom stereocenters. The van der Waals surface area contributed by atoms with Crippen molar-refractivity contribution in [2.24, 2.45) is 4.99 Å². The lowest BCUT2D eigenvalue weighted by atomic mass is 10.2. The SMILES string of the molecule is CCOc1cc(CNC(=NC)NCCCn2ccc3ccccc32)ccn1.I. The molecule has 7 heteroatoms. The van der Waals surface area contributed by atoms with Gasteiger partial charge in [0.25, 0.3) is 0 Å². The van der Waals surface area contributed by atoms with Crippen molar-refractivity contribution in [3.63, 3.8) is 0 Å². The molecular formula is C21H28IN5O. The Labute approximate surface area is 183 Å². The molecule has 1 aromatic carbocycles. The first-order chi connectivity index (χ1) is 13.3. The Morgan fingerprint density at radius 3 is 2.86 bits per heavy atom. The molecule has 0 amide bonds. The monoisotopic (exact) mass is 493 g/mol. The smallest absolute Gasteiger partial charge is 0.213 e. The van der Waals surface area contributed by atoms with Gasteiger partial charge in [-0.2, -0.15) is 0 Å². The summed E-state index contributed by atoms with van der Waals surface area (Å²) in [4.78, 5) is 8.47. The van der Waals surface area contributed by atoms with Crippen molar-refractivity contribution in [2.45, 2.75) is 26.4 Å². The fourth-order valence-corrected chi connectivity index (χ4v) is 2.99. The molecule has 0 aliphatic rings. The van der Waals surface area contributed by atoms with Gasteiger partial charge in [-0.1, -0.05) is 18.2 Å². The summed E-state index contributed by atoms with van der Waals surface area (Å²) in [5, 5.41) is 7.98. The summed E-state index contributed by atoms with van der Waals surface area (Å²) in [6.07, 6.45) is 4.93. The highest BCUT2D eigenvalue weighted by atomic mass is 127. The number of halogens is 1. The molecule has 2 aromatic heterocycles. The van der Waals surface area contributed by atoms with Gasteiger partial charge in [0.2, 0.25) is 5.88 Å². The molecule has 3 rings (SSSR count). The van der Waals surface area contributed by atoms with E-state index in [2.05, 4.69) is 61.7 Å². The van der Waals surface area contributed by atoms with E-state index in [0.29, 0.717) is 19.0 Å². The van der Waals surface area contributed by atoms with Crippen LogP contribution in [0.3, 0.4) is 0 Å². The minimum atomic E-state index is 0. The number of fused-ring (bicyclic) bond motifs is 1. The van der Waals surface area contributed by atoms with Crippen LogP contribution in [0.5, 0.6) is 5.88 Å². The van der Waals surface area contributed by atoms with Gasteiger partial charge in [0.15, 0.2) is 5.96 Å². The summed E-state index contributed by atoms with van der Waals surface area (Å²) in [6.45, 7) is 5.06. The number of aryl methyl sites for hydroxylation is 1. The number of hydrogen-bond donors (Lipinski definition) is 2. The third-order valence-corrected chi connectivity index (χ3v) is 4.32. The zero-order chi connectivity index (χ0) is 18.9. The van der Waals surface area contributed by atoms with Gasteiger partial charge in [-0.25, -0.2) is 4.98 Å². The van der Waals surface area contributed by atoms with E-state index < -0.39 is 0 Å². The molecule has 0 bridgehead atoms. The van der Waals surface area contributed by atoms with E-state index in [1.54, 1.807) is 13.2 Å². The third kappa shape index (κ3) is 6.12. The molecule has 6 nitrogen and oxygen atoms in total. The van der Waals surface area contributed by atoms with Crippen molar-refractivity contribution in [2.75, 3.05) is 20.2 Å². The summed E-state index contributed by atoms with van der Waals surface area (Å²) in [5.74, 6) is 1.45. The minimum absolute atomic E-state index is 0. The molecule has 0 fully saturated rings. The molecule has 0 unspecified atom stereocenters. The predicted octanol–water partition coefficient (Wildman–Crippen LogP) is 3.81. The van der Waals surface area contributed by atoms with Gasteiger partial charge in [-0.05, 0) is 42.5 Å². The third-order valence-electron chi connectivity index (χ3n) is 4.32. The maximum atomic E-state index is 5.44. The van der Waals surface area contributed by atoms with Crippen molar-refractivity contribution in [1.29, 1.82) is 0 Å². The Morgan fingerprint density at radius 2 is 2.04 bits per heavy atom. The van der Waals surface area contributed by atoms with Crippen molar-refractivity contribution in [3.8, 4) is 5.88 Å². The van der Waals surface area contributed by atoms with Crippen molar-refractivity contribution in [3.05, 3.63) is 60.4 Å². The molecule has 0 saturated carbocycles. The number of rotatable bonds is 8. The Morgan fingerprint density at radius 1 is 1.18 bits per heavy atom. The van der Waals surface area contributed by atoms with Crippen LogP contribution in [0.15, 0.2) is 59.9 Å². The molecule has 0 saturated heterocycles. The van der Waals surface area contributed by atoms with Gasteiger partial charge >= 0.3 is 0 Å². The molecule has 3 aromatic rings. The van der Waals surface area contributed by atoms with Gasteiger partial charge in [0.1, 0.15) is 0 Å². The molecule has 150 valence electrons. The Hall–Kier alpha value is -2.29. The Balaban J connectivity index is 0.00000280. The first-order valence-corrected chi connectivity index (χ1v) is 9.36. The van der Waals surface area contributed by atoms with Crippen LogP contribution >= 0.6 is 24.0 Å². The van der Waals surface area contributed by atoms with E-state index >= 15 is 0 Å². The number of pyridine rings is 1. The van der Waals surface area contributed by atoms with Crippen LogP contribution in [-0.4, -0.2) is 35.7 Å². The number of nitrogens with zero attached hydrogens (tertiary/aromatic N) is 3. The summed E-state index contributed by atoms with van der Waals surface area (Å²) in [6, 6.07) is 14.5.